The number of anilines is 2. The highest BCUT2D eigenvalue weighted by atomic mass is 35.5. The number of pyridine rings is 1. The van der Waals surface area contributed by atoms with Crippen LogP contribution in [0.4, 0.5) is 17.1 Å². The number of allylic oxidation sites excluding steroid dienone is 1. The van der Waals surface area contributed by atoms with E-state index in [0.717, 1.165) is 105 Å². The zero-order valence-electron chi connectivity index (χ0n) is 51.1. The third-order valence-electron chi connectivity index (χ3n) is 17.6. The van der Waals surface area contributed by atoms with Crippen LogP contribution in [-0.4, -0.2) is 166 Å². The van der Waals surface area contributed by atoms with Crippen LogP contribution >= 0.6 is 11.6 Å². The molecule has 2 aromatic heterocycles. The van der Waals surface area contributed by atoms with E-state index < -0.39 is 43.4 Å². The predicted octanol–water partition coefficient (Wildman–Crippen LogP) is 8.81. The quantitative estimate of drug-likeness (QED) is 0.0145. The monoisotopic (exact) mass is 1280 g/mol. The Labute approximate surface area is 534 Å². The van der Waals surface area contributed by atoms with Crippen molar-refractivity contribution in [3.63, 3.8) is 0 Å². The number of sulfonamides is 1. The molecule has 3 fully saturated rings. The molecule has 3 saturated heterocycles. The molecule has 0 radical (unpaired) electrons. The summed E-state index contributed by atoms with van der Waals surface area (Å²) in [4.78, 5) is 78.4. The van der Waals surface area contributed by atoms with Crippen LogP contribution < -0.4 is 25.0 Å². The molecule has 4 amide bonds. The second-order valence-electron chi connectivity index (χ2n) is 24.4. The molecule has 24 heteroatoms. The zero-order valence-corrected chi connectivity index (χ0v) is 52.7. The lowest BCUT2D eigenvalue weighted by molar-refractivity contribution is -0.384. The molecule has 4 N–H and O–H groups in total. The first-order valence-corrected chi connectivity index (χ1v) is 32.8. The van der Waals surface area contributed by atoms with Crippen molar-refractivity contribution in [1.82, 2.24) is 34.7 Å². The van der Waals surface area contributed by atoms with E-state index in [1.54, 1.807) is 36.5 Å². The number of fused-ring (bicyclic) bond motifs is 2. The fourth-order valence-electron chi connectivity index (χ4n) is 12.4. The Hall–Kier alpha value is -8.21. The largest absolute Gasteiger partial charge is 0.455 e. The summed E-state index contributed by atoms with van der Waals surface area (Å²) < 4.78 is 53.5. The fraction of sp³-hybridized carbons (Fsp3) is 0.418. The molecular formula is C67H75ClN10O12S. The molecule has 11 rings (SSSR count). The predicted molar refractivity (Wildman–Crippen MR) is 344 cm³/mol. The first-order valence-electron chi connectivity index (χ1n) is 30.9. The average molecular weight is 1280 g/mol. The van der Waals surface area contributed by atoms with Gasteiger partial charge in [-0.3, -0.25) is 39.5 Å². The molecule has 4 aromatic carbocycles. The van der Waals surface area contributed by atoms with Crippen molar-refractivity contribution in [2.75, 3.05) is 109 Å². The normalized spacial score (nSPS) is 18.2. The number of piperidine rings is 2. The van der Waals surface area contributed by atoms with Crippen LogP contribution in [0.2, 0.25) is 5.02 Å². The number of nitro groups is 1. The van der Waals surface area contributed by atoms with Gasteiger partial charge in [-0.05, 0) is 146 Å². The van der Waals surface area contributed by atoms with Crippen LogP contribution in [-0.2, 0) is 40.4 Å². The van der Waals surface area contributed by atoms with Crippen molar-refractivity contribution in [1.29, 1.82) is 0 Å². The second kappa shape index (κ2) is 29.0. The number of aromatic amines is 1. The summed E-state index contributed by atoms with van der Waals surface area (Å²) in [6, 6.07) is 25.1. The number of nitro benzene ring substituents is 1. The number of imide groups is 1. The minimum atomic E-state index is -4.63. The minimum absolute atomic E-state index is 0.0572. The van der Waals surface area contributed by atoms with E-state index in [2.05, 4.69) is 77.8 Å². The van der Waals surface area contributed by atoms with Crippen molar-refractivity contribution in [3.8, 4) is 23.3 Å². The number of aromatic nitrogens is 2. The van der Waals surface area contributed by atoms with E-state index in [0.29, 0.717) is 76.0 Å². The molecule has 0 bridgehead atoms. The molecule has 0 spiro atoms. The molecule has 4 aliphatic heterocycles. The first kappa shape index (κ1) is 64.3. The van der Waals surface area contributed by atoms with E-state index in [1.165, 1.54) is 46.0 Å². The van der Waals surface area contributed by atoms with Crippen molar-refractivity contribution in [3.05, 3.63) is 152 Å². The molecule has 1 atom stereocenters. The number of ether oxygens (including phenoxy) is 4. The molecule has 1 aliphatic carbocycles. The standard InChI is InChI=1S/C67H75ClN10O12S/c1-67(2)21-17-49(57(40-67)47-6-8-51(68)9-7-47)43-75-25-27-76(28-26-75)52-10-13-56(61(38-52)90-53-37-48-18-22-69-63(48)71-42-53)64(80)73-91(85,86)54-11-14-58(60(39-54)78(83)84)70-41-46-19-23-74(24-20-46)29-31-88-33-35-89-34-32-87-30-3-4-45-5-12-55-50(36-45)44-77(66(55)82)59-15-16-62(79)72-65(59)81/h5-14,18,22,36-39,42,46,59,70H,15-17,19-21,23-35,40-41,43-44H2,1-2H3,(H,69,71)(H,73,80)(H,72,79,81). The van der Waals surface area contributed by atoms with Crippen LogP contribution in [0, 0.1) is 33.3 Å². The van der Waals surface area contributed by atoms with Gasteiger partial charge in [0.15, 0.2) is 0 Å². The lowest BCUT2D eigenvalue weighted by Crippen LogP contribution is -2.52. The van der Waals surface area contributed by atoms with Gasteiger partial charge in [0.1, 0.15) is 35.5 Å². The highest BCUT2D eigenvalue weighted by molar-refractivity contribution is 7.90. The van der Waals surface area contributed by atoms with Crippen LogP contribution in [0.1, 0.15) is 96.2 Å². The topological polar surface area (TPSA) is 260 Å². The van der Waals surface area contributed by atoms with Crippen LogP contribution in [0.5, 0.6) is 11.5 Å². The Morgan fingerprint density at radius 2 is 1.63 bits per heavy atom. The van der Waals surface area contributed by atoms with Gasteiger partial charge in [-0.1, -0.05) is 55.0 Å². The Bertz CT molecular complexity index is 3910. The van der Waals surface area contributed by atoms with Crippen LogP contribution in [0.25, 0.3) is 16.6 Å². The average Bonchev–Trinajstić information content (AvgIpc) is 1.85. The van der Waals surface area contributed by atoms with Crippen molar-refractivity contribution in [2.24, 2.45) is 11.3 Å². The number of hydrogen-bond acceptors (Lipinski definition) is 17. The molecule has 91 heavy (non-hydrogen) atoms. The van der Waals surface area contributed by atoms with E-state index in [4.69, 9.17) is 30.5 Å². The summed E-state index contributed by atoms with van der Waals surface area (Å²) >= 11 is 6.27. The molecule has 6 heterocycles. The maximum atomic E-state index is 14.2. The van der Waals surface area contributed by atoms with Crippen molar-refractivity contribution >= 4 is 78.9 Å². The molecule has 0 saturated carbocycles. The Morgan fingerprint density at radius 3 is 2.40 bits per heavy atom. The number of piperazine rings is 1. The molecular weight excluding hydrogens is 1200 g/mol. The van der Waals surface area contributed by atoms with E-state index in [1.807, 2.05) is 24.3 Å². The van der Waals surface area contributed by atoms with Crippen molar-refractivity contribution in [2.45, 2.75) is 76.3 Å². The number of amides is 4. The van der Waals surface area contributed by atoms with Crippen LogP contribution in [0.3, 0.4) is 0 Å². The van der Waals surface area contributed by atoms with E-state index in [-0.39, 0.29) is 59.7 Å². The molecule has 5 aliphatic rings. The number of carbonyl (C=O) groups excluding carboxylic acids is 4. The first-order chi connectivity index (χ1) is 43.9. The number of halogens is 1. The van der Waals surface area contributed by atoms with Gasteiger partial charge < -0.3 is 43.9 Å². The summed E-state index contributed by atoms with van der Waals surface area (Å²) in [7, 11) is -4.63. The summed E-state index contributed by atoms with van der Waals surface area (Å²) in [5.74, 6) is 4.72. The second-order valence-corrected chi connectivity index (χ2v) is 26.6. The lowest BCUT2D eigenvalue weighted by Gasteiger charge is -2.39. The molecule has 6 aromatic rings. The molecule has 478 valence electrons. The minimum Gasteiger partial charge on any atom is -0.455 e. The lowest BCUT2D eigenvalue weighted by atomic mass is 9.72. The number of likely N-dealkylation sites (tertiary alicyclic amines) is 1. The third-order valence-corrected chi connectivity index (χ3v) is 19.1. The van der Waals surface area contributed by atoms with Gasteiger partial charge in [0.05, 0.1) is 54.6 Å². The van der Waals surface area contributed by atoms with Gasteiger partial charge in [0, 0.05) is 104 Å². The van der Waals surface area contributed by atoms with Gasteiger partial charge in [0.25, 0.3) is 27.5 Å². The van der Waals surface area contributed by atoms with E-state index >= 15 is 0 Å². The van der Waals surface area contributed by atoms with Gasteiger partial charge in [-0.15, -0.1) is 0 Å². The maximum Gasteiger partial charge on any atom is 0.293 e. The van der Waals surface area contributed by atoms with Gasteiger partial charge in [0.2, 0.25) is 11.8 Å². The van der Waals surface area contributed by atoms with Crippen molar-refractivity contribution < 1.29 is 51.5 Å². The van der Waals surface area contributed by atoms with Gasteiger partial charge in [-0.25, -0.2) is 18.1 Å². The molecule has 1 unspecified atom stereocenters. The fourth-order valence-corrected chi connectivity index (χ4v) is 13.5. The number of nitrogens with zero attached hydrogens (tertiary/aromatic N) is 6. The Kier molecular flexibility index (Phi) is 20.5. The zero-order chi connectivity index (χ0) is 63.7. The summed E-state index contributed by atoms with van der Waals surface area (Å²) in [6.07, 6.45) is 8.62. The van der Waals surface area contributed by atoms with Gasteiger partial charge >= 0.3 is 0 Å². The number of hydrogen-bond donors (Lipinski definition) is 4. The van der Waals surface area contributed by atoms with Crippen LogP contribution in [0.15, 0.2) is 114 Å². The number of rotatable bonds is 24. The summed E-state index contributed by atoms with van der Waals surface area (Å²) in [5.41, 5.74) is 7.44. The maximum absolute atomic E-state index is 14.2. The smallest absolute Gasteiger partial charge is 0.293 e. The SMILES string of the molecule is CC1(C)CCC(CN2CCN(c3ccc(C(=O)NS(=O)(=O)c4ccc(NCC5CCN(CCOCCOCCOCC#Cc6ccc7c(c6)CN(C6CCC(=O)NC6=O)C7=O)CC5)c([N+](=O)[O-])c4)c(Oc4cnc5[nH]ccc5c4)c3)CC2)=C(c2ccc(Cl)cc2)C1. The highest BCUT2D eigenvalue weighted by Crippen LogP contribution is 2.44. The molecule has 22 nitrogen and oxygen atoms in total. The summed E-state index contributed by atoms with van der Waals surface area (Å²) in [6.45, 7) is 13.9. The highest BCUT2D eigenvalue weighted by Gasteiger charge is 2.39. The number of carbonyl (C=O) groups is 4. The Morgan fingerprint density at radius 1 is 0.857 bits per heavy atom. The Balaban J connectivity index is 0.611. The number of H-pyrrole nitrogens is 1. The van der Waals surface area contributed by atoms with Gasteiger partial charge in [-0.2, -0.15) is 0 Å². The number of nitrogens with one attached hydrogen (secondary N) is 4. The summed E-state index contributed by atoms with van der Waals surface area (Å²) in [5, 5.41) is 19.4. The number of benzene rings is 4. The third kappa shape index (κ3) is 16.3. The van der Waals surface area contributed by atoms with E-state index in [9.17, 15) is 37.7 Å².